The lowest BCUT2D eigenvalue weighted by atomic mass is 10.1. The van der Waals surface area contributed by atoms with E-state index in [2.05, 4.69) is 26.1 Å². The Kier molecular flexibility index (Phi) is 3.55. The molecule has 5 nitrogen and oxygen atoms in total. The smallest absolute Gasteiger partial charge is 0.317 e. The van der Waals surface area contributed by atoms with Gasteiger partial charge in [0.1, 0.15) is 4.99 Å². The van der Waals surface area contributed by atoms with Crippen LogP contribution in [0, 0.1) is 0 Å². The van der Waals surface area contributed by atoms with E-state index in [-0.39, 0.29) is 12.1 Å². The van der Waals surface area contributed by atoms with Crippen LogP contribution in [0.15, 0.2) is 22.7 Å². The number of carbonyl (C=O) groups is 1. The van der Waals surface area contributed by atoms with Crippen LogP contribution in [0.2, 0.25) is 0 Å². The van der Waals surface area contributed by atoms with Crippen molar-refractivity contribution >= 4 is 44.9 Å². The molecule has 20 heavy (non-hydrogen) atoms. The number of nitrogens with one attached hydrogen (secondary N) is 1. The number of anilines is 1. The van der Waals surface area contributed by atoms with E-state index in [1.54, 1.807) is 0 Å². The predicted molar refractivity (Wildman–Crippen MR) is 86.1 cm³/mol. The van der Waals surface area contributed by atoms with Gasteiger partial charge in [-0.1, -0.05) is 28.1 Å². The lowest BCUT2D eigenvalue weighted by Gasteiger charge is -2.38. The number of urea groups is 1. The Morgan fingerprint density at radius 3 is 3.00 bits per heavy atom. The van der Waals surface area contributed by atoms with Gasteiger partial charge < -0.3 is 20.9 Å². The molecule has 3 rings (SSSR count). The second-order valence-electron chi connectivity index (χ2n) is 5.01. The molecule has 1 aromatic carbocycles. The lowest BCUT2D eigenvalue weighted by molar-refractivity contribution is 0.197. The van der Waals surface area contributed by atoms with Gasteiger partial charge in [-0.2, -0.15) is 0 Å². The van der Waals surface area contributed by atoms with Crippen LogP contribution in [-0.2, 0) is 0 Å². The van der Waals surface area contributed by atoms with Crippen LogP contribution >= 0.6 is 28.1 Å². The molecule has 106 valence electrons. The largest absolute Gasteiger partial charge is 0.389 e. The highest BCUT2D eigenvalue weighted by Crippen LogP contribution is 2.27. The molecule has 2 amide bonds. The lowest BCUT2D eigenvalue weighted by Crippen LogP contribution is -2.52. The van der Waals surface area contributed by atoms with Crippen molar-refractivity contribution in [1.82, 2.24) is 10.2 Å². The molecular weight excluding hydrogens is 340 g/mol. The Hall–Kier alpha value is -1.34. The average molecular weight is 355 g/mol. The molecule has 7 heteroatoms. The number of rotatable bonds is 2. The standard InChI is InChI=1S/C13H15BrN4OS/c14-8-1-2-11(10(5-8)12(15)20)17-3-4-18-9(7-17)6-16-13(18)19/h1-2,5,9H,3-4,6-7H2,(H2,15,20)(H,16,19). The number of carbonyl (C=O) groups excluding carboxylic acids is 1. The third-order valence-corrected chi connectivity index (χ3v) is 4.51. The number of benzene rings is 1. The van der Waals surface area contributed by atoms with Gasteiger partial charge >= 0.3 is 6.03 Å². The third kappa shape index (κ3) is 2.35. The van der Waals surface area contributed by atoms with E-state index < -0.39 is 0 Å². The van der Waals surface area contributed by atoms with Gasteiger partial charge in [-0.25, -0.2) is 4.79 Å². The molecule has 0 aromatic heterocycles. The summed E-state index contributed by atoms with van der Waals surface area (Å²) in [6.45, 7) is 3.02. The highest BCUT2D eigenvalue weighted by atomic mass is 79.9. The summed E-state index contributed by atoms with van der Waals surface area (Å²) in [5.74, 6) is 0. The van der Waals surface area contributed by atoms with Gasteiger partial charge in [0.05, 0.1) is 6.04 Å². The summed E-state index contributed by atoms with van der Waals surface area (Å²) in [5.41, 5.74) is 7.74. The number of hydrogen-bond acceptors (Lipinski definition) is 3. The molecule has 3 N–H and O–H groups in total. The van der Waals surface area contributed by atoms with E-state index in [0.29, 0.717) is 11.5 Å². The molecule has 2 aliphatic rings. The SMILES string of the molecule is NC(=S)c1cc(Br)ccc1N1CCN2C(=O)NCC2C1. The topological polar surface area (TPSA) is 61.6 Å². The summed E-state index contributed by atoms with van der Waals surface area (Å²) in [7, 11) is 0. The Labute approximate surface area is 131 Å². The molecule has 2 heterocycles. The molecule has 0 aliphatic carbocycles. The van der Waals surface area contributed by atoms with Crippen molar-refractivity contribution in [3.8, 4) is 0 Å². The van der Waals surface area contributed by atoms with Crippen LogP contribution < -0.4 is 16.0 Å². The maximum absolute atomic E-state index is 11.6. The normalized spacial score (nSPS) is 21.6. The quantitative estimate of drug-likeness (QED) is 0.785. The van der Waals surface area contributed by atoms with E-state index in [0.717, 1.165) is 35.4 Å². The summed E-state index contributed by atoms with van der Waals surface area (Å²) in [4.78, 5) is 16.2. The highest BCUT2D eigenvalue weighted by molar-refractivity contribution is 9.10. The van der Waals surface area contributed by atoms with Gasteiger partial charge in [0, 0.05) is 41.9 Å². The average Bonchev–Trinajstić information content (AvgIpc) is 2.80. The molecule has 0 saturated carbocycles. The van der Waals surface area contributed by atoms with E-state index in [4.69, 9.17) is 18.0 Å². The number of nitrogens with two attached hydrogens (primary N) is 1. The van der Waals surface area contributed by atoms with Crippen LogP contribution in [-0.4, -0.2) is 48.1 Å². The first kappa shape index (κ1) is 13.6. The van der Waals surface area contributed by atoms with Crippen LogP contribution in [0.4, 0.5) is 10.5 Å². The first-order valence-corrected chi connectivity index (χ1v) is 7.65. The zero-order chi connectivity index (χ0) is 14.3. The zero-order valence-corrected chi connectivity index (χ0v) is 13.2. The first-order chi connectivity index (χ1) is 9.56. The van der Waals surface area contributed by atoms with Crippen molar-refractivity contribution in [2.24, 2.45) is 5.73 Å². The minimum atomic E-state index is 0.0417. The highest BCUT2D eigenvalue weighted by Gasteiger charge is 2.35. The van der Waals surface area contributed by atoms with Crippen molar-refractivity contribution in [3.63, 3.8) is 0 Å². The molecule has 2 fully saturated rings. The molecule has 1 aromatic rings. The van der Waals surface area contributed by atoms with Crippen molar-refractivity contribution in [2.75, 3.05) is 31.1 Å². The second kappa shape index (κ2) is 5.21. The molecule has 2 saturated heterocycles. The van der Waals surface area contributed by atoms with Crippen molar-refractivity contribution in [2.45, 2.75) is 6.04 Å². The van der Waals surface area contributed by atoms with Gasteiger partial charge in [0.2, 0.25) is 0 Å². The molecular formula is C13H15BrN4OS. The van der Waals surface area contributed by atoms with Crippen LogP contribution in [0.3, 0.4) is 0 Å². The second-order valence-corrected chi connectivity index (χ2v) is 6.36. The maximum atomic E-state index is 11.6. The number of piperazine rings is 1. The van der Waals surface area contributed by atoms with Gasteiger partial charge in [-0.15, -0.1) is 0 Å². The van der Waals surface area contributed by atoms with E-state index >= 15 is 0 Å². The summed E-state index contributed by atoms with van der Waals surface area (Å²) >= 11 is 8.59. The first-order valence-electron chi connectivity index (χ1n) is 6.45. The number of fused-ring (bicyclic) bond motifs is 1. The van der Waals surface area contributed by atoms with E-state index in [1.165, 1.54) is 0 Å². The Morgan fingerprint density at radius 2 is 2.25 bits per heavy atom. The van der Waals surface area contributed by atoms with Crippen LogP contribution in [0.1, 0.15) is 5.56 Å². The number of thiocarbonyl (C=S) groups is 1. The summed E-state index contributed by atoms with van der Waals surface area (Å²) < 4.78 is 0.959. The van der Waals surface area contributed by atoms with Crippen molar-refractivity contribution in [3.05, 3.63) is 28.2 Å². The molecule has 0 spiro atoms. The molecule has 2 aliphatic heterocycles. The van der Waals surface area contributed by atoms with Gasteiger partial charge in [-0.05, 0) is 18.2 Å². The maximum Gasteiger partial charge on any atom is 0.317 e. The van der Waals surface area contributed by atoms with Crippen LogP contribution in [0.25, 0.3) is 0 Å². The van der Waals surface area contributed by atoms with Crippen LogP contribution in [0.5, 0.6) is 0 Å². The predicted octanol–water partition coefficient (Wildman–Crippen LogP) is 1.30. The Balaban J connectivity index is 1.87. The number of amides is 2. The Bertz CT molecular complexity index is 579. The van der Waals surface area contributed by atoms with Gasteiger partial charge in [0.25, 0.3) is 0 Å². The van der Waals surface area contributed by atoms with E-state index in [1.807, 2.05) is 23.1 Å². The summed E-state index contributed by atoms with van der Waals surface area (Å²) in [6.07, 6.45) is 0. The number of halogens is 1. The van der Waals surface area contributed by atoms with Gasteiger partial charge in [-0.3, -0.25) is 0 Å². The Morgan fingerprint density at radius 1 is 1.45 bits per heavy atom. The fourth-order valence-electron chi connectivity index (χ4n) is 2.80. The fraction of sp³-hybridized carbons (Fsp3) is 0.385. The number of hydrogen-bond donors (Lipinski definition) is 2. The van der Waals surface area contributed by atoms with Crippen molar-refractivity contribution < 1.29 is 4.79 Å². The molecule has 0 radical (unpaired) electrons. The monoisotopic (exact) mass is 354 g/mol. The van der Waals surface area contributed by atoms with Crippen molar-refractivity contribution in [1.29, 1.82) is 0 Å². The summed E-state index contributed by atoms with van der Waals surface area (Å²) in [5, 5.41) is 2.88. The minimum Gasteiger partial charge on any atom is -0.389 e. The summed E-state index contributed by atoms with van der Waals surface area (Å²) in [6, 6.07) is 6.22. The fourth-order valence-corrected chi connectivity index (χ4v) is 3.33. The third-order valence-electron chi connectivity index (χ3n) is 3.80. The minimum absolute atomic E-state index is 0.0417. The molecule has 1 unspecified atom stereocenters. The number of nitrogens with zero attached hydrogens (tertiary/aromatic N) is 2. The molecule has 1 atom stereocenters. The molecule has 0 bridgehead atoms. The van der Waals surface area contributed by atoms with Gasteiger partial charge in [0.15, 0.2) is 0 Å². The van der Waals surface area contributed by atoms with E-state index in [9.17, 15) is 4.79 Å². The zero-order valence-electron chi connectivity index (χ0n) is 10.8.